The van der Waals surface area contributed by atoms with E-state index in [9.17, 15) is 0 Å². The van der Waals surface area contributed by atoms with Crippen molar-refractivity contribution in [3.63, 3.8) is 0 Å². The molecule has 4 aliphatic rings. The predicted octanol–water partition coefficient (Wildman–Crippen LogP) is 5.92. The van der Waals surface area contributed by atoms with Gasteiger partial charge in [0.15, 0.2) is 0 Å². The van der Waals surface area contributed by atoms with Gasteiger partial charge in [-0.3, -0.25) is 0 Å². The van der Waals surface area contributed by atoms with Crippen molar-refractivity contribution < 1.29 is 0 Å². The van der Waals surface area contributed by atoms with Gasteiger partial charge in [-0.2, -0.15) is 0 Å². The van der Waals surface area contributed by atoms with Crippen molar-refractivity contribution in [1.29, 1.82) is 0 Å². The van der Waals surface area contributed by atoms with Gasteiger partial charge in [0.05, 0.1) is 0 Å². The lowest BCUT2D eigenvalue weighted by molar-refractivity contribution is 0.0252. The standard InChI is InChI=1S/C23H27P/c1-24(23-19-12-16-11-17(14-19)15-20(23)13-16)22-10-6-5-9-21(22)18-7-3-2-4-8-18/h2-10,16-17,19-20,23H,11-15H2,1H3. The molecule has 1 unspecified atom stereocenters. The van der Waals surface area contributed by atoms with E-state index in [0.717, 1.165) is 29.3 Å². The first-order valence-corrected chi connectivity index (χ1v) is 11.5. The number of hydrogen-bond donors (Lipinski definition) is 0. The van der Waals surface area contributed by atoms with Crippen molar-refractivity contribution >= 4 is 13.2 Å². The van der Waals surface area contributed by atoms with Gasteiger partial charge in [0.25, 0.3) is 0 Å². The van der Waals surface area contributed by atoms with Crippen molar-refractivity contribution in [2.75, 3.05) is 6.66 Å². The lowest BCUT2D eigenvalue weighted by Crippen LogP contribution is -2.48. The van der Waals surface area contributed by atoms with Gasteiger partial charge in [-0.25, -0.2) is 0 Å². The third kappa shape index (κ3) is 2.46. The average Bonchev–Trinajstić information content (AvgIpc) is 2.61. The smallest absolute Gasteiger partial charge is 0.0107 e. The maximum Gasteiger partial charge on any atom is -0.0107 e. The fraction of sp³-hybridized carbons (Fsp3) is 0.478. The summed E-state index contributed by atoms with van der Waals surface area (Å²) in [6.07, 6.45) is 7.72. The highest BCUT2D eigenvalue weighted by Gasteiger charge is 2.49. The highest BCUT2D eigenvalue weighted by Crippen LogP contribution is 2.62. The molecule has 0 aromatic heterocycles. The summed E-state index contributed by atoms with van der Waals surface area (Å²) in [5, 5.41) is 1.65. The molecule has 4 saturated carbocycles. The molecule has 4 aliphatic carbocycles. The van der Waals surface area contributed by atoms with Crippen LogP contribution >= 0.6 is 7.92 Å². The van der Waals surface area contributed by atoms with Crippen LogP contribution in [0.5, 0.6) is 0 Å². The van der Waals surface area contributed by atoms with Crippen LogP contribution in [-0.4, -0.2) is 12.3 Å². The van der Waals surface area contributed by atoms with Crippen LogP contribution in [0.25, 0.3) is 11.1 Å². The number of benzene rings is 2. The van der Waals surface area contributed by atoms with Gasteiger partial charge in [-0.05, 0) is 84.5 Å². The van der Waals surface area contributed by atoms with E-state index in [1.54, 1.807) is 11.7 Å². The Hall–Kier alpha value is -1.13. The molecule has 0 radical (unpaired) electrons. The summed E-state index contributed by atoms with van der Waals surface area (Å²) in [4.78, 5) is 0. The van der Waals surface area contributed by atoms with Crippen LogP contribution in [0, 0.1) is 23.7 Å². The summed E-state index contributed by atoms with van der Waals surface area (Å²) in [7, 11) is -0.0700. The Kier molecular flexibility index (Phi) is 3.78. The quantitative estimate of drug-likeness (QED) is 0.612. The maximum atomic E-state index is 2.59. The Bertz CT molecular complexity index is 692. The molecule has 4 bridgehead atoms. The summed E-state index contributed by atoms with van der Waals surface area (Å²) in [5.74, 6) is 4.22. The van der Waals surface area contributed by atoms with E-state index >= 15 is 0 Å². The fourth-order valence-corrected chi connectivity index (χ4v) is 9.31. The predicted molar refractivity (Wildman–Crippen MR) is 105 cm³/mol. The Morgan fingerprint density at radius 2 is 1.29 bits per heavy atom. The summed E-state index contributed by atoms with van der Waals surface area (Å²) in [5.41, 5.74) is 3.87. The minimum Gasteiger partial charge on any atom is -0.0741 e. The summed E-state index contributed by atoms with van der Waals surface area (Å²) < 4.78 is 0. The second-order valence-corrected chi connectivity index (χ2v) is 10.7. The zero-order chi connectivity index (χ0) is 16.1. The topological polar surface area (TPSA) is 0 Å². The number of hydrogen-bond acceptors (Lipinski definition) is 0. The van der Waals surface area contributed by atoms with Crippen LogP contribution < -0.4 is 5.30 Å². The monoisotopic (exact) mass is 334 g/mol. The minimum absolute atomic E-state index is 0.0700. The highest BCUT2D eigenvalue weighted by atomic mass is 31.1. The second-order valence-electron chi connectivity index (χ2n) is 8.42. The minimum atomic E-state index is -0.0700. The largest absolute Gasteiger partial charge is 0.0741 e. The van der Waals surface area contributed by atoms with E-state index in [1.165, 1.54) is 36.8 Å². The van der Waals surface area contributed by atoms with Gasteiger partial charge in [-0.15, -0.1) is 0 Å². The Balaban J connectivity index is 1.51. The lowest BCUT2D eigenvalue weighted by atomic mass is 9.56. The van der Waals surface area contributed by atoms with Gasteiger partial charge in [0, 0.05) is 0 Å². The molecule has 124 valence electrons. The van der Waals surface area contributed by atoms with E-state index in [2.05, 4.69) is 61.3 Å². The van der Waals surface area contributed by atoms with E-state index in [0.29, 0.717) is 0 Å². The molecule has 4 fully saturated rings. The first-order valence-electron chi connectivity index (χ1n) is 9.67. The van der Waals surface area contributed by atoms with Gasteiger partial charge in [0.1, 0.15) is 0 Å². The second kappa shape index (κ2) is 5.99. The van der Waals surface area contributed by atoms with Gasteiger partial charge >= 0.3 is 0 Å². The zero-order valence-electron chi connectivity index (χ0n) is 14.6. The van der Waals surface area contributed by atoms with E-state index in [4.69, 9.17) is 0 Å². The summed E-state index contributed by atoms with van der Waals surface area (Å²) in [6.45, 7) is 2.59. The third-order valence-corrected chi connectivity index (χ3v) is 9.88. The van der Waals surface area contributed by atoms with Crippen molar-refractivity contribution in [3.8, 4) is 11.1 Å². The van der Waals surface area contributed by atoms with Crippen molar-refractivity contribution in [1.82, 2.24) is 0 Å². The van der Waals surface area contributed by atoms with E-state index in [-0.39, 0.29) is 7.92 Å². The normalized spacial score (nSPS) is 35.1. The Morgan fingerprint density at radius 1 is 0.708 bits per heavy atom. The summed E-state index contributed by atoms with van der Waals surface area (Å²) in [6, 6.07) is 20.3. The average molecular weight is 334 g/mol. The molecule has 0 N–H and O–H groups in total. The van der Waals surface area contributed by atoms with Gasteiger partial charge in [-0.1, -0.05) is 62.5 Å². The van der Waals surface area contributed by atoms with E-state index in [1.807, 2.05) is 0 Å². The van der Waals surface area contributed by atoms with Crippen LogP contribution in [0.2, 0.25) is 0 Å². The highest BCUT2D eigenvalue weighted by molar-refractivity contribution is 7.66. The Labute approximate surface area is 147 Å². The molecule has 1 heteroatoms. The molecular weight excluding hydrogens is 307 g/mol. The first kappa shape index (κ1) is 15.2. The van der Waals surface area contributed by atoms with Crippen LogP contribution in [-0.2, 0) is 0 Å². The molecule has 0 heterocycles. The van der Waals surface area contributed by atoms with Crippen molar-refractivity contribution in [2.24, 2.45) is 23.7 Å². The zero-order valence-corrected chi connectivity index (χ0v) is 15.5. The van der Waals surface area contributed by atoms with Crippen LogP contribution in [0.3, 0.4) is 0 Å². The molecule has 24 heavy (non-hydrogen) atoms. The molecule has 0 spiro atoms. The molecule has 0 nitrogen and oxygen atoms in total. The third-order valence-electron chi connectivity index (χ3n) is 6.99. The first-order chi connectivity index (χ1) is 11.8. The number of rotatable bonds is 3. The molecule has 6 rings (SSSR count). The molecule has 0 saturated heterocycles. The molecule has 2 aromatic carbocycles. The molecule has 0 amide bonds. The summed E-state index contributed by atoms with van der Waals surface area (Å²) >= 11 is 0. The van der Waals surface area contributed by atoms with Gasteiger partial charge in [0.2, 0.25) is 0 Å². The Morgan fingerprint density at radius 3 is 1.96 bits per heavy atom. The van der Waals surface area contributed by atoms with Crippen molar-refractivity contribution in [3.05, 3.63) is 54.6 Å². The van der Waals surface area contributed by atoms with Crippen LogP contribution in [0.1, 0.15) is 32.1 Å². The maximum absolute atomic E-state index is 2.59. The van der Waals surface area contributed by atoms with E-state index < -0.39 is 0 Å². The van der Waals surface area contributed by atoms with Gasteiger partial charge < -0.3 is 0 Å². The van der Waals surface area contributed by atoms with Crippen LogP contribution in [0.15, 0.2) is 54.6 Å². The van der Waals surface area contributed by atoms with Crippen LogP contribution in [0.4, 0.5) is 0 Å². The molecule has 2 aromatic rings. The molecular formula is C23H27P. The molecule has 1 atom stereocenters. The lowest BCUT2D eigenvalue weighted by Gasteiger charge is -2.56. The fourth-order valence-electron chi connectivity index (χ4n) is 6.33. The molecule has 0 aliphatic heterocycles. The van der Waals surface area contributed by atoms with Crippen molar-refractivity contribution in [2.45, 2.75) is 37.8 Å². The SMILES string of the molecule is CP(c1ccccc1-c1ccccc1)C1C2CC3CC(C2)CC1C3.